The van der Waals surface area contributed by atoms with E-state index in [1.807, 2.05) is 0 Å². The molecule has 1 saturated heterocycles. The smallest absolute Gasteiger partial charge is 0.328 e. The Hall–Kier alpha value is -0.810. The molecule has 1 aliphatic heterocycles. The number of esters is 1. The first-order valence-corrected chi connectivity index (χ1v) is 7.81. The van der Waals surface area contributed by atoms with E-state index in [0.717, 1.165) is 51.6 Å². The molecule has 0 radical (unpaired) electrons. The number of nitrogens with one attached hydrogen (secondary N) is 2. The van der Waals surface area contributed by atoms with Gasteiger partial charge in [0.15, 0.2) is 0 Å². The van der Waals surface area contributed by atoms with Gasteiger partial charge in [-0.25, -0.2) is 4.79 Å². The van der Waals surface area contributed by atoms with Crippen molar-refractivity contribution >= 4 is 24.3 Å². The zero-order chi connectivity index (χ0) is 14.4. The van der Waals surface area contributed by atoms with Gasteiger partial charge in [-0.1, -0.05) is 19.3 Å². The molecule has 0 bridgehead atoms. The predicted octanol–water partition coefficient (Wildman–Crippen LogP) is 1.65. The third-order valence-electron chi connectivity index (χ3n) is 4.58. The van der Waals surface area contributed by atoms with Gasteiger partial charge in [-0.05, 0) is 44.7 Å². The molecule has 2 N–H and O–H groups in total. The van der Waals surface area contributed by atoms with E-state index in [-0.39, 0.29) is 36.1 Å². The van der Waals surface area contributed by atoms with Crippen molar-refractivity contribution < 1.29 is 14.3 Å². The average molecular weight is 319 g/mol. The maximum Gasteiger partial charge on any atom is 0.328 e. The summed E-state index contributed by atoms with van der Waals surface area (Å²) in [4.78, 5) is 24.3. The second kappa shape index (κ2) is 9.26. The molecule has 0 spiro atoms. The first-order chi connectivity index (χ1) is 9.72. The Bertz CT molecular complexity index is 340. The average Bonchev–Trinajstić information content (AvgIpc) is 2.53. The quantitative estimate of drug-likeness (QED) is 0.773. The SMILES string of the molecule is COC(=O)C(NC(=O)C1CCNCC1)C1CCCCC1.Cl. The van der Waals surface area contributed by atoms with Crippen LogP contribution in [0, 0.1) is 11.8 Å². The van der Waals surface area contributed by atoms with Crippen LogP contribution in [0.3, 0.4) is 0 Å². The van der Waals surface area contributed by atoms with Crippen molar-refractivity contribution in [3.05, 3.63) is 0 Å². The van der Waals surface area contributed by atoms with Crippen molar-refractivity contribution in [3.8, 4) is 0 Å². The largest absolute Gasteiger partial charge is 0.467 e. The Morgan fingerprint density at radius 3 is 2.29 bits per heavy atom. The fourth-order valence-corrected chi connectivity index (χ4v) is 3.32. The highest BCUT2D eigenvalue weighted by Crippen LogP contribution is 2.27. The molecule has 0 aromatic carbocycles. The second-order valence-corrected chi connectivity index (χ2v) is 5.93. The van der Waals surface area contributed by atoms with Gasteiger partial charge in [-0.15, -0.1) is 12.4 Å². The Kier molecular flexibility index (Phi) is 8.04. The van der Waals surface area contributed by atoms with E-state index in [1.165, 1.54) is 13.5 Å². The number of amides is 1. The monoisotopic (exact) mass is 318 g/mol. The molecule has 1 unspecified atom stereocenters. The molecule has 5 nitrogen and oxygen atoms in total. The molecule has 21 heavy (non-hydrogen) atoms. The Morgan fingerprint density at radius 2 is 1.71 bits per heavy atom. The summed E-state index contributed by atoms with van der Waals surface area (Å²) in [6.07, 6.45) is 7.22. The lowest BCUT2D eigenvalue weighted by molar-refractivity contribution is -0.147. The van der Waals surface area contributed by atoms with E-state index < -0.39 is 6.04 Å². The van der Waals surface area contributed by atoms with Crippen LogP contribution in [0.2, 0.25) is 0 Å². The summed E-state index contributed by atoms with van der Waals surface area (Å²) >= 11 is 0. The first-order valence-electron chi connectivity index (χ1n) is 7.81. The van der Waals surface area contributed by atoms with Crippen LogP contribution in [0.15, 0.2) is 0 Å². The zero-order valence-electron chi connectivity index (χ0n) is 12.7. The summed E-state index contributed by atoms with van der Waals surface area (Å²) in [6.45, 7) is 1.76. The lowest BCUT2D eigenvalue weighted by Crippen LogP contribution is -2.50. The molecule has 2 aliphatic rings. The van der Waals surface area contributed by atoms with E-state index in [0.29, 0.717) is 0 Å². The molecular weight excluding hydrogens is 292 g/mol. The number of carbonyl (C=O) groups excluding carboxylic acids is 2. The van der Waals surface area contributed by atoms with Crippen molar-refractivity contribution in [2.75, 3.05) is 20.2 Å². The van der Waals surface area contributed by atoms with Gasteiger partial charge < -0.3 is 15.4 Å². The van der Waals surface area contributed by atoms with Crippen LogP contribution >= 0.6 is 12.4 Å². The second-order valence-electron chi connectivity index (χ2n) is 5.93. The highest BCUT2D eigenvalue weighted by atomic mass is 35.5. The third-order valence-corrected chi connectivity index (χ3v) is 4.58. The lowest BCUT2D eigenvalue weighted by Gasteiger charge is -2.31. The summed E-state index contributed by atoms with van der Waals surface area (Å²) in [5.41, 5.74) is 0. The number of rotatable bonds is 4. The molecular formula is C15H27ClN2O3. The van der Waals surface area contributed by atoms with Crippen LogP contribution in [0.25, 0.3) is 0 Å². The summed E-state index contributed by atoms with van der Waals surface area (Å²) in [7, 11) is 1.40. The number of halogens is 1. The van der Waals surface area contributed by atoms with Gasteiger partial charge in [-0.2, -0.15) is 0 Å². The van der Waals surface area contributed by atoms with E-state index in [2.05, 4.69) is 10.6 Å². The molecule has 2 rings (SSSR count). The molecule has 1 amide bonds. The van der Waals surface area contributed by atoms with E-state index in [4.69, 9.17) is 4.74 Å². The molecule has 2 fully saturated rings. The number of ether oxygens (including phenoxy) is 1. The van der Waals surface area contributed by atoms with Crippen LogP contribution in [0.4, 0.5) is 0 Å². The van der Waals surface area contributed by atoms with Gasteiger partial charge in [0.2, 0.25) is 5.91 Å². The number of carbonyl (C=O) groups is 2. The zero-order valence-corrected chi connectivity index (χ0v) is 13.5. The van der Waals surface area contributed by atoms with Crippen molar-refractivity contribution in [3.63, 3.8) is 0 Å². The van der Waals surface area contributed by atoms with Crippen molar-refractivity contribution in [2.24, 2.45) is 11.8 Å². The molecule has 1 atom stereocenters. The molecule has 1 saturated carbocycles. The van der Waals surface area contributed by atoms with E-state index in [1.54, 1.807) is 0 Å². The maximum absolute atomic E-state index is 12.3. The van der Waals surface area contributed by atoms with Gasteiger partial charge in [-0.3, -0.25) is 4.79 Å². The summed E-state index contributed by atoms with van der Waals surface area (Å²) in [5.74, 6) is 0.000482. The highest BCUT2D eigenvalue weighted by molar-refractivity contribution is 5.86. The Labute approximate surface area is 133 Å². The molecule has 122 valence electrons. The Balaban J connectivity index is 0.00000220. The number of hydrogen-bond donors (Lipinski definition) is 2. The summed E-state index contributed by atoms with van der Waals surface area (Å²) < 4.78 is 4.89. The van der Waals surface area contributed by atoms with Crippen LogP contribution in [-0.4, -0.2) is 38.1 Å². The van der Waals surface area contributed by atoms with Gasteiger partial charge in [0.25, 0.3) is 0 Å². The third kappa shape index (κ3) is 5.15. The number of hydrogen-bond acceptors (Lipinski definition) is 4. The van der Waals surface area contributed by atoms with Gasteiger partial charge >= 0.3 is 5.97 Å². The molecule has 0 aromatic heterocycles. The minimum atomic E-state index is -0.456. The summed E-state index contributed by atoms with van der Waals surface area (Å²) in [5, 5.41) is 6.21. The predicted molar refractivity (Wildman–Crippen MR) is 83.4 cm³/mol. The van der Waals surface area contributed by atoms with Gasteiger partial charge in [0, 0.05) is 5.92 Å². The van der Waals surface area contributed by atoms with Crippen LogP contribution in [0.5, 0.6) is 0 Å². The lowest BCUT2D eigenvalue weighted by atomic mass is 9.83. The Morgan fingerprint density at radius 1 is 1.10 bits per heavy atom. The van der Waals surface area contributed by atoms with Gasteiger partial charge in [0.05, 0.1) is 7.11 Å². The normalized spacial score (nSPS) is 22.0. The topological polar surface area (TPSA) is 67.4 Å². The molecule has 6 heteroatoms. The fourth-order valence-electron chi connectivity index (χ4n) is 3.32. The van der Waals surface area contributed by atoms with Crippen molar-refractivity contribution in [2.45, 2.75) is 51.0 Å². The van der Waals surface area contributed by atoms with Crippen LogP contribution < -0.4 is 10.6 Å². The highest BCUT2D eigenvalue weighted by Gasteiger charge is 2.33. The van der Waals surface area contributed by atoms with E-state index in [9.17, 15) is 9.59 Å². The molecule has 0 aromatic rings. The van der Waals surface area contributed by atoms with Crippen molar-refractivity contribution in [1.82, 2.24) is 10.6 Å². The number of methoxy groups -OCH3 is 1. The van der Waals surface area contributed by atoms with Crippen LogP contribution in [0.1, 0.15) is 44.9 Å². The molecule has 1 heterocycles. The minimum Gasteiger partial charge on any atom is -0.467 e. The standard InChI is InChI=1S/C15H26N2O3.ClH/c1-20-15(19)13(11-5-3-2-4-6-11)17-14(18)12-7-9-16-10-8-12;/h11-13,16H,2-10H2,1H3,(H,17,18);1H. The summed E-state index contributed by atoms with van der Waals surface area (Å²) in [6, 6.07) is -0.456. The minimum absolute atomic E-state index is 0. The van der Waals surface area contributed by atoms with Gasteiger partial charge in [0.1, 0.15) is 6.04 Å². The van der Waals surface area contributed by atoms with Crippen LogP contribution in [-0.2, 0) is 14.3 Å². The van der Waals surface area contributed by atoms with E-state index >= 15 is 0 Å². The maximum atomic E-state index is 12.3. The first kappa shape index (κ1) is 18.2. The fraction of sp³-hybridized carbons (Fsp3) is 0.867. The number of piperidine rings is 1. The molecule has 1 aliphatic carbocycles. The van der Waals surface area contributed by atoms with Crippen molar-refractivity contribution in [1.29, 1.82) is 0 Å².